The number of Topliss-reactive ketones (excluding diaryl/α,β-unsaturated/α-hetero) is 1. The Morgan fingerprint density at radius 3 is 2.65 bits per heavy atom. The van der Waals surface area contributed by atoms with E-state index < -0.39 is 5.63 Å². The molecule has 106 valence electrons. The molecule has 1 aromatic carbocycles. The SMILES string of the molecule is COc1cc2ccc(=O)oc2cc1OCC(=O)C(C)C. The Balaban J connectivity index is 2.35. The van der Waals surface area contributed by atoms with Gasteiger partial charge in [0.15, 0.2) is 17.3 Å². The minimum atomic E-state index is -0.438. The number of fused-ring (bicyclic) bond motifs is 1. The Morgan fingerprint density at radius 2 is 2.00 bits per heavy atom. The van der Waals surface area contributed by atoms with Crippen molar-refractivity contribution in [1.82, 2.24) is 0 Å². The smallest absolute Gasteiger partial charge is 0.336 e. The summed E-state index contributed by atoms with van der Waals surface area (Å²) in [6, 6.07) is 6.24. The van der Waals surface area contributed by atoms with Crippen molar-refractivity contribution in [3.05, 3.63) is 34.7 Å². The first-order valence-corrected chi connectivity index (χ1v) is 6.28. The Morgan fingerprint density at radius 1 is 1.25 bits per heavy atom. The van der Waals surface area contributed by atoms with Gasteiger partial charge in [-0.15, -0.1) is 0 Å². The standard InChI is InChI=1S/C15H16O5/c1-9(2)11(16)8-19-14-7-12-10(6-13(14)18-3)4-5-15(17)20-12/h4-7,9H,8H2,1-3H3. The van der Waals surface area contributed by atoms with Crippen LogP contribution in [0.15, 0.2) is 33.5 Å². The molecular formula is C15H16O5. The second-order valence-corrected chi connectivity index (χ2v) is 4.71. The van der Waals surface area contributed by atoms with E-state index in [0.717, 1.165) is 5.39 Å². The molecule has 0 fully saturated rings. The lowest BCUT2D eigenvalue weighted by Gasteiger charge is -2.11. The summed E-state index contributed by atoms with van der Waals surface area (Å²) in [6.45, 7) is 3.57. The molecule has 0 aliphatic carbocycles. The van der Waals surface area contributed by atoms with Crippen LogP contribution in [-0.4, -0.2) is 19.5 Å². The number of hydrogen-bond acceptors (Lipinski definition) is 5. The van der Waals surface area contributed by atoms with Crippen LogP contribution in [0.4, 0.5) is 0 Å². The summed E-state index contributed by atoms with van der Waals surface area (Å²) in [5.74, 6) is 0.757. The number of hydrogen-bond donors (Lipinski definition) is 0. The van der Waals surface area contributed by atoms with Gasteiger partial charge in [0, 0.05) is 23.4 Å². The van der Waals surface area contributed by atoms with Crippen molar-refractivity contribution in [2.45, 2.75) is 13.8 Å². The lowest BCUT2D eigenvalue weighted by atomic mass is 10.1. The topological polar surface area (TPSA) is 65.7 Å². The first-order valence-electron chi connectivity index (χ1n) is 6.28. The highest BCUT2D eigenvalue weighted by Gasteiger charge is 2.12. The molecule has 0 radical (unpaired) electrons. The van der Waals surface area contributed by atoms with Gasteiger partial charge in [0.2, 0.25) is 0 Å². The van der Waals surface area contributed by atoms with E-state index in [9.17, 15) is 9.59 Å². The Hall–Kier alpha value is -2.30. The number of ether oxygens (including phenoxy) is 2. The molecule has 20 heavy (non-hydrogen) atoms. The Kier molecular flexibility index (Phi) is 4.08. The van der Waals surface area contributed by atoms with Gasteiger partial charge >= 0.3 is 5.63 Å². The van der Waals surface area contributed by atoms with Gasteiger partial charge < -0.3 is 13.9 Å². The van der Waals surface area contributed by atoms with Crippen molar-refractivity contribution in [3.63, 3.8) is 0 Å². The molecule has 0 saturated carbocycles. The second-order valence-electron chi connectivity index (χ2n) is 4.71. The summed E-state index contributed by atoms with van der Waals surface area (Å²) in [7, 11) is 1.51. The quantitative estimate of drug-likeness (QED) is 0.784. The van der Waals surface area contributed by atoms with Crippen molar-refractivity contribution in [2.24, 2.45) is 5.92 Å². The maximum absolute atomic E-state index is 11.6. The summed E-state index contributed by atoms with van der Waals surface area (Å²) in [5, 5.41) is 0.726. The highest BCUT2D eigenvalue weighted by molar-refractivity contribution is 5.83. The average Bonchev–Trinajstić information content (AvgIpc) is 2.43. The molecule has 2 rings (SSSR count). The minimum absolute atomic E-state index is 0.0123. The normalized spacial score (nSPS) is 10.8. The van der Waals surface area contributed by atoms with Crippen molar-refractivity contribution in [1.29, 1.82) is 0 Å². The first kappa shape index (κ1) is 14.1. The number of benzene rings is 1. The van der Waals surface area contributed by atoms with E-state index in [1.54, 1.807) is 18.2 Å². The summed E-state index contributed by atoms with van der Waals surface area (Å²) in [5.41, 5.74) is -0.0443. The fourth-order valence-electron chi connectivity index (χ4n) is 1.66. The molecule has 0 N–H and O–H groups in total. The highest BCUT2D eigenvalue weighted by Crippen LogP contribution is 2.31. The third-order valence-corrected chi connectivity index (χ3v) is 2.92. The largest absolute Gasteiger partial charge is 0.493 e. The maximum atomic E-state index is 11.6. The zero-order valence-electron chi connectivity index (χ0n) is 11.6. The first-order chi connectivity index (χ1) is 9.51. The van der Waals surface area contributed by atoms with Crippen LogP contribution in [0.5, 0.6) is 11.5 Å². The minimum Gasteiger partial charge on any atom is -0.493 e. The van der Waals surface area contributed by atoms with Crippen LogP contribution in [0.25, 0.3) is 11.0 Å². The van der Waals surface area contributed by atoms with E-state index in [-0.39, 0.29) is 18.3 Å². The summed E-state index contributed by atoms with van der Waals surface area (Å²) < 4.78 is 15.8. The van der Waals surface area contributed by atoms with Crippen LogP contribution >= 0.6 is 0 Å². The third kappa shape index (κ3) is 2.99. The predicted molar refractivity (Wildman–Crippen MR) is 74.4 cm³/mol. The Labute approximate surface area is 116 Å². The molecule has 5 heteroatoms. The van der Waals surface area contributed by atoms with Crippen LogP contribution in [0.2, 0.25) is 0 Å². The molecule has 1 aromatic heterocycles. The highest BCUT2D eigenvalue weighted by atomic mass is 16.5. The molecular weight excluding hydrogens is 260 g/mol. The number of carbonyl (C=O) groups excluding carboxylic acids is 1. The zero-order valence-corrected chi connectivity index (χ0v) is 11.6. The molecule has 0 bridgehead atoms. The van der Waals surface area contributed by atoms with E-state index in [2.05, 4.69) is 0 Å². The summed E-state index contributed by atoms with van der Waals surface area (Å²) in [6.07, 6.45) is 0. The molecule has 0 aliphatic rings. The molecule has 2 aromatic rings. The van der Waals surface area contributed by atoms with Crippen LogP contribution in [0, 0.1) is 5.92 Å². The van der Waals surface area contributed by atoms with Crippen molar-refractivity contribution < 1.29 is 18.7 Å². The molecule has 0 saturated heterocycles. The van der Waals surface area contributed by atoms with E-state index in [0.29, 0.717) is 17.1 Å². The zero-order chi connectivity index (χ0) is 14.7. The van der Waals surface area contributed by atoms with Gasteiger partial charge in [0.05, 0.1) is 7.11 Å². The maximum Gasteiger partial charge on any atom is 0.336 e. The van der Waals surface area contributed by atoms with Gasteiger partial charge in [0.25, 0.3) is 0 Å². The molecule has 1 heterocycles. The fourth-order valence-corrected chi connectivity index (χ4v) is 1.66. The molecule has 0 aliphatic heterocycles. The fraction of sp³-hybridized carbons (Fsp3) is 0.333. The van der Waals surface area contributed by atoms with Crippen LogP contribution in [-0.2, 0) is 4.79 Å². The Bertz CT molecular complexity index is 684. The van der Waals surface area contributed by atoms with Gasteiger partial charge in [-0.2, -0.15) is 0 Å². The summed E-state index contributed by atoms with van der Waals surface area (Å²) in [4.78, 5) is 22.8. The predicted octanol–water partition coefficient (Wildman–Crippen LogP) is 2.41. The van der Waals surface area contributed by atoms with Gasteiger partial charge in [-0.25, -0.2) is 4.79 Å². The van der Waals surface area contributed by atoms with Crippen LogP contribution in [0.3, 0.4) is 0 Å². The van der Waals surface area contributed by atoms with E-state index >= 15 is 0 Å². The van der Waals surface area contributed by atoms with E-state index in [1.165, 1.54) is 13.2 Å². The second kappa shape index (κ2) is 5.77. The molecule has 5 nitrogen and oxygen atoms in total. The van der Waals surface area contributed by atoms with Crippen molar-refractivity contribution in [3.8, 4) is 11.5 Å². The number of methoxy groups -OCH3 is 1. The van der Waals surface area contributed by atoms with E-state index in [1.807, 2.05) is 13.8 Å². The number of carbonyl (C=O) groups is 1. The third-order valence-electron chi connectivity index (χ3n) is 2.92. The number of ketones is 1. The number of rotatable bonds is 5. The van der Waals surface area contributed by atoms with Gasteiger partial charge in [-0.3, -0.25) is 4.79 Å². The van der Waals surface area contributed by atoms with Crippen LogP contribution < -0.4 is 15.1 Å². The molecule has 0 atom stereocenters. The molecule has 0 amide bonds. The van der Waals surface area contributed by atoms with Crippen molar-refractivity contribution >= 4 is 16.8 Å². The lowest BCUT2D eigenvalue weighted by Crippen LogP contribution is -2.17. The molecule has 0 spiro atoms. The molecule has 0 unspecified atom stereocenters. The van der Waals surface area contributed by atoms with Crippen molar-refractivity contribution in [2.75, 3.05) is 13.7 Å². The van der Waals surface area contributed by atoms with Gasteiger partial charge in [0.1, 0.15) is 12.2 Å². The summed E-state index contributed by atoms with van der Waals surface area (Å²) >= 11 is 0. The van der Waals surface area contributed by atoms with Crippen LogP contribution in [0.1, 0.15) is 13.8 Å². The van der Waals surface area contributed by atoms with Gasteiger partial charge in [-0.05, 0) is 12.1 Å². The van der Waals surface area contributed by atoms with Gasteiger partial charge in [-0.1, -0.05) is 13.8 Å². The average molecular weight is 276 g/mol. The van der Waals surface area contributed by atoms with E-state index in [4.69, 9.17) is 13.9 Å². The lowest BCUT2D eigenvalue weighted by molar-refractivity contribution is -0.123. The monoisotopic (exact) mass is 276 g/mol.